The molecule has 1 unspecified atom stereocenters. The van der Waals surface area contributed by atoms with Crippen LogP contribution in [-0.4, -0.2) is 35.8 Å². The summed E-state index contributed by atoms with van der Waals surface area (Å²) in [6.45, 7) is 1.61. The third-order valence-corrected chi connectivity index (χ3v) is 5.38. The Bertz CT molecular complexity index is 386. The summed E-state index contributed by atoms with van der Waals surface area (Å²) < 4.78 is 0. The molecule has 4 heteroatoms. The summed E-state index contributed by atoms with van der Waals surface area (Å²) in [4.78, 5) is 26.1. The van der Waals surface area contributed by atoms with Crippen molar-refractivity contribution in [3.63, 3.8) is 0 Å². The Morgan fingerprint density at radius 2 is 1.76 bits per heavy atom. The lowest BCUT2D eigenvalue weighted by atomic mass is 9.96. The quantitative estimate of drug-likeness (QED) is 0.765. The molecule has 3 fully saturated rings. The van der Waals surface area contributed by atoms with Gasteiger partial charge in [0.2, 0.25) is 11.8 Å². The van der Waals surface area contributed by atoms with E-state index in [9.17, 15) is 9.59 Å². The predicted molar refractivity (Wildman–Crippen MR) is 81.7 cm³/mol. The summed E-state index contributed by atoms with van der Waals surface area (Å²) in [7, 11) is 0. The van der Waals surface area contributed by atoms with Gasteiger partial charge in [0.05, 0.1) is 0 Å². The van der Waals surface area contributed by atoms with Crippen LogP contribution >= 0.6 is 0 Å². The SMILES string of the molecule is O=C(NCCCC(=O)N1CCCC1C1CCCC1)C1CC1. The van der Waals surface area contributed by atoms with E-state index in [2.05, 4.69) is 10.2 Å². The molecule has 0 bridgehead atoms. The fourth-order valence-corrected chi connectivity index (χ4v) is 4.02. The number of carbonyl (C=O) groups is 2. The molecule has 0 aromatic rings. The van der Waals surface area contributed by atoms with Crippen molar-refractivity contribution in [3.05, 3.63) is 0 Å². The first-order chi connectivity index (χ1) is 10.3. The summed E-state index contributed by atoms with van der Waals surface area (Å²) in [5.74, 6) is 1.52. The normalized spacial score (nSPS) is 26.3. The van der Waals surface area contributed by atoms with Crippen LogP contribution in [0.5, 0.6) is 0 Å². The third kappa shape index (κ3) is 3.78. The number of nitrogens with one attached hydrogen (secondary N) is 1. The van der Waals surface area contributed by atoms with Crippen molar-refractivity contribution >= 4 is 11.8 Å². The van der Waals surface area contributed by atoms with Gasteiger partial charge in [0.1, 0.15) is 0 Å². The number of hydrogen-bond donors (Lipinski definition) is 1. The van der Waals surface area contributed by atoms with Gasteiger partial charge < -0.3 is 10.2 Å². The van der Waals surface area contributed by atoms with Crippen LogP contribution in [0.3, 0.4) is 0 Å². The van der Waals surface area contributed by atoms with Crippen LogP contribution in [0.25, 0.3) is 0 Å². The average Bonchev–Trinajstić information content (AvgIpc) is 3.01. The molecular weight excluding hydrogens is 264 g/mol. The lowest BCUT2D eigenvalue weighted by Gasteiger charge is -2.29. The van der Waals surface area contributed by atoms with E-state index >= 15 is 0 Å². The topological polar surface area (TPSA) is 49.4 Å². The van der Waals surface area contributed by atoms with Gasteiger partial charge in [0.15, 0.2) is 0 Å². The lowest BCUT2D eigenvalue weighted by Crippen LogP contribution is -2.39. The highest BCUT2D eigenvalue weighted by Gasteiger charge is 2.35. The van der Waals surface area contributed by atoms with Crippen molar-refractivity contribution in [1.29, 1.82) is 0 Å². The molecule has 1 aliphatic heterocycles. The maximum atomic E-state index is 12.4. The third-order valence-electron chi connectivity index (χ3n) is 5.38. The minimum Gasteiger partial charge on any atom is -0.356 e. The molecule has 4 nitrogen and oxygen atoms in total. The van der Waals surface area contributed by atoms with Gasteiger partial charge in [0.25, 0.3) is 0 Å². The summed E-state index contributed by atoms with van der Waals surface area (Å²) in [5.41, 5.74) is 0. The van der Waals surface area contributed by atoms with Gasteiger partial charge >= 0.3 is 0 Å². The molecule has 0 spiro atoms. The summed E-state index contributed by atoms with van der Waals surface area (Å²) in [6, 6.07) is 0.515. The maximum absolute atomic E-state index is 12.4. The molecule has 3 rings (SSSR count). The second-order valence-corrected chi connectivity index (χ2v) is 7.01. The molecule has 0 aromatic heterocycles. The first-order valence-electron chi connectivity index (χ1n) is 8.83. The number of likely N-dealkylation sites (tertiary alicyclic amines) is 1. The minimum absolute atomic E-state index is 0.187. The van der Waals surface area contributed by atoms with E-state index in [4.69, 9.17) is 0 Å². The van der Waals surface area contributed by atoms with Crippen LogP contribution in [0.2, 0.25) is 0 Å². The molecule has 1 heterocycles. The molecule has 118 valence electrons. The van der Waals surface area contributed by atoms with Gasteiger partial charge in [-0.15, -0.1) is 0 Å². The van der Waals surface area contributed by atoms with Crippen molar-refractivity contribution < 1.29 is 9.59 Å². The molecule has 2 saturated carbocycles. The molecule has 21 heavy (non-hydrogen) atoms. The van der Waals surface area contributed by atoms with Crippen LogP contribution in [0.4, 0.5) is 0 Å². The standard InChI is InChI=1S/C17H28N2O2/c20-16(8-3-11-18-17(21)14-9-10-14)19-12-4-7-15(19)13-5-1-2-6-13/h13-15H,1-12H2,(H,18,21). The number of carbonyl (C=O) groups excluding carboxylic acids is 2. The lowest BCUT2D eigenvalue weighted by molar-refractivity contribution is -0.133. The molecule has 2 aliphatic carbocycles. The first-order valence-corrected chi connectivity index (χ1v) is 8.83. The van der Waals surface area contributed by atoms with Crippen molar-refractivity contribution in [2.24, 2.45) is 11.8 Å². The van der Waals surface area contributed by atoms with E-state index in [1.165, 1.54) is 38.5 Å². The monoisotopic (exact) mass is 292 g/mol. The Morgan fingerprint density at radius 3 is 2.48 bits per heavy atom. The van der Waals surface area contributed by atoms with Crippen LogP contribution in [-0.2, 0) is 9.59 Å². The number of nitrogens with zero attached hydrogens (tertiary/aromatic N) is 1. The Hall–Kier alpha value is -1.06. The van der Waals surface area contributed by atoms with Crippen LogP contribution in [0, 0.1) is 11.8 Å². The maximum Gasteiger partial charge on any atom is 0.223 e. The predicted octanol–water partition coefficient (Wildman–Crippen LogP) is 2.47. The molecule has 1 atom stereocenters. The second kappa shape index (κ2) is 6.80. The number of hydrogen-bond acceptors (Lipinski definition) is 2. The first kappa shape index (κ1) is 14.9. The van der Waals surface area contributed by atoms with Gasteiger partial charge in [-0.3, -0.25) is 9.59 Å². The van der Waals surface area contributed by atoms with Gasteiger partial charge in [-0.2, -0.15) is 0 Å². The van der Waals surface area contributed by atoms with Gasteiger partial charge in [-0.25, -0.2) is 0 Å². The van der Waals surface area contributed by atoms with Crippen molar-refractivity contribution in [1.82, 2.24) is 10.2 Å². The Kier molecular flexibility index (Phi) is 4.81. The molecule has 1 N–H and O–H groups in total. The number of rotatable bonds is 6. The Labute approximate surface area is 127 Å². The molecule has 3 aliphatic rings. The highest BCUT2D eigenvalue weighted by molar-refractivity contribution is 5.81. The highest BCUT2D eigenvalue weighted by atomic mass is 16.2. The zero-order valence-electron chi connectivity index (χ0n) is 13.0. The van der Waals surface area contributed by atoms with Crippen LogP contribution < -0.4 is 5.32 Å². The summed E-state index contributed by atoms with van der Waals surface area (Å²) in [6.07, 6.45) is 11.1. The average molecular weight is 292 g/mol. The fourth-order valence-electron chi connectivity index (χ4n) is 4.02. The molecular formula is C17H28N2O2. The second-order valence-electron chi connectivity index (χ2n) is 7.01. The van der Waals surface area contributed by atoms with E-state index < -0.39 is 0 Å². The van der Waals surface area contributed by atoms with E-state index in [1.807, 2.05) is 0 Å². The highest BCUT2D eigenvalue weighted by Crippen LogP contribution is 2.35. The van der Waals surface area contributed by atoms with Crippen molar-refractivity contribution in [2.75, 3.05) is 13.1 Å². The smallest absolute Gasteiger partial charge is 0.223 e. The van der Waals surface area contributed by atoms with E-state index in [0.717, 1.165) is 31.7 Å². The van der Waals surface area contributed by atoms with Gasteiger partial charge in [-0.05, 0) is 50.9 Å². The number of amides is 2. The Morgan fingerprint density at radius 1 is 1.00 bits per heavy atom. The minimum atomic E-state index is 0.187. The molecule has 0 radical (unpaired) electrons. The van der Waals surface area contributed by atoms with E-state index in [1.54, 1.807) is 0 Å². The van der Waals surface area contributed by atoms with Crippen LogP contribution in [0.15, 0.2) is 0 Å². The summed E-state index contributed by atoms with van der Waals surface area (Å²) in [5, 5.41) is 2.95. The largest absolute Gasteiger partial charge is 0.356 e. The van der Waals surface area contributed by atoms with E-state index in [0.29, 0.717) is 24.9 Å². The van der Waals surface area contributed by atoms with E-state index in [-0.39, 0.29) is 11.8 Å². The van der Waals surface area contributed by atoms with Crippen molar-refractivity contribution in [2.45, 2.75) is 70.3 Å². The zero-order valence-corrected chi connectivity index (χ0v) is 13.0. The van der Waals surface area contributed by atoms with Crippen molar-refractivity contribution in [3.8, 4) is 0 Å². The van der Waals surface area contributed by atoms with Crippen LogP contribution in [0.1, 0.15) is 64.2 Å². The zero-order chi connectivity index (χ0) is 14.7. The summed E-state index contributed by atoms with van der Waals surface area (Å²) >= 11 is 0. The Balaban J connectivity index is 1.38. The van der Waals surface area contributed by atoms with Gasteiger partial charge in [-0.1, -0.05) is 12.8 Å². The molecule has 2 amide bonds. The fraction of sp³-hybridized carbons (Fsp3) is 0.882. The molecule has 0 aromatic carbocycles. The van der Waals surface area contributed by atoms with Gasteiger partial charge in [0, 0.05) is 31.5 Å². The molecule has 1 saturated heterocycles.